The van der Waals surface area contributed by atoms with E-state index in [1.165, 1.54) is 0 Å². The Hall–Kier alpha value is -1.52. The number of rotatable bonds is 1. The number of urea groups is 1. The average Bonchev–Trinajstić information content (AvgIpc) is 2.45. The van der Waals surface area contributed by atoms with Gasteiger partial charge in [0.25, 0.3) is 0 Å². The van der Waals surface area contributed by atoms with Gasteiger partial charge in [-0.3, -0.25) is 10.00 Å². The van der Waals surface area contributed by atoms with Gasteiger partial charge < -0.3 is 5.32 Å². The fourth-order valence-electron chi connectivity index (χ4n) is 1.41. The van der Waals surface area contributed by atoms with Crippen LogP contribution in [0.5, 0.6) is 0 Å². The lowest BCUT2D eigenvalue weighted by atomic mass is 9.92. The quantitative estimate of drug-likeness (QED) is 0.737. The lowest BCUT2D eigenvalue weighted by Crippen LogP contribution is -2.24. The summed E-state index contributed by atoms with van der Waals surface area (Å²) in [6, 6.07) is 1.63. The summed E-state index contributed by atoms with van der Waals surface area (Å²) in [5.41, 5.74) is 1.10. The van der Waals surface area contributed by atoms with E-state index in [0.29, 0.717) is 5.82 Å². The number of anilines is 1. The minimum absolute atomic E-state index is 0.0182. The minimum atomic E-state index is -0.256. The summed E-state index contributed by atoms with van der Waals surface area (Å²) < 4.78 is 1.78. The van der Waals surface area contributed by atoms with Gasteiger partial charge in [0.1, 0.15) is 0 Å². The van der Waals surface area contributed by atoms with Gasteiger partial charge in [-0.05, 0) is 0 Å². The van der Waals surface area contributed by atoms with E-state index >= 15 is 0 Å². The van der Waals surface area contributed by atoms with E-state index in [4.69, 9.17) is 0 Å². The number of aromatic nitrogens is 2. The van der Waals surface area contributed by atoms with Gasteiger partial charge >= 0.3 is 6.03 Å². The van der Waals surface area contributed by atoms with E-state index in [0.717, 1.165) is 5.69 Å². The minimum Gasteiger partial charge on any atom is -0.341 e. The van der Waals surface area contributed by atoms with Crippen molar-refractivity contribution in [1.29, 1.82) is 0 Å². The molecular formula is C10H18N4O. The van der Waals surface area contributed by atoms with Crippen molar-refractivity contribution in [3.8, 4) is 0 Å². The molecule has 0 spiro atoms. The van der Waals surface area contributed by atoms with Crippen molar-refractivity contribution in [3.05, 3.63) is 11.8 Å². The molecular weight excluding hydrogens is 192 g/mol. The molecule has 15 heavy (non-hydrogen) atoms. The number of carbonyl (C=O) groups excluding carboxylic acids is 1. The van der Waals surface area contributed by atoms with Crippen LogP contribution >= 0.6 is 0 Å². The molecule has 1 aromatic heterocycles. The van der Waals surface area contributed by atoms with Crippen LogP contribution in [0.2, 0.25) is 0 Å². The molecule has 2 N–H and O–H groups in total. The third-order valence-corrected chi connectivity index (χ3v) is 2.12. The van der Waals surface area contributed by atoms with E-state index in [-0.39, 0.29) is 11.4 Å². The average molecular weight is 210 g/mol. The standard InChI is InChI=1S/C10H18N4O/c1-10(2,3)7-6-8(13-14(7)5)12-9(15)11-4/h6H,1-5H3,(H2,11,12,13,15). The molecule has 0 radical (unpaired) electrons. The Morgan fingerprint density at radius 1 is 1.47 bits per heavy atom. The fraction of sp³-hybridized carbons (Fsp3) is 0.600. The van der Waals surface area contributed by atoms with Gasteiger partial charge in [0.2, 0.25) is 0 Å². The van der Waals surface area contributed by atoms with Crippen LogP contribution in [-0.2, 0) is 12.5 Å². The molecule has 0 aliphatic heterocycles. The first-order valence-corrected chi connectivity index (χ1v) is 4.88. The van der Waals surface area contributed by atoms with Crippen molar-refractivity contribution in [2.45, 2.75) is 26.2 Å². The Kier molecular flexibility index (Phi) is 3.02. The normalized spacial score (nSPS) is 11.3. The van der Waals surface area contributed by atoms with Crippen LogP contribution in [0.25, 0.3) is 0 Å². The first-order chi connectivity index (χ1) is 6.84. The van der Waals surface area contributed by atoms with E-state index in [2.05, 4.69) is 36.5 Å². The number of hydrogen-bond donors (Lipinski definition) is 2. The maximum Gasteiger partial charge on any atom is 0.320 e. The highest BCUT2D eigenvalue weighted by Crippen LogP contribution is 2.23. The van der Waals surface area contributed by atoms with Crippen molar-refractivity contribution >= 4 is 11.8 Å². The summed E-state index contributed by atoms with van der Waals surface area (Å²) in [7, 11) is 3.44. The van der Waals surface area contributed by atoms with E-state index in [9.17, 15) is 4.79 Å². The molecule has 0 aliphatic carbocycles. The molecule has 5 heteroatoms. The van der Waals surface area contributed by atoms with Crippen molar-refractivity contribution < 1.29 is 4.79 Å². The van der Waals surface area contributed by atoms with Crippen LogP contribution in [0.3, 0.4) is 0 Å². The highest BCUT2D eigenvalue weighted by Gasteiger charge is 2.19. The van der Waals surface area contributed by atoms with Crippen LogP contribution < -0.4 is 10.6 Å². The second-order valence-corrected chi connectivity index (χ2v) is 4.49. The Bertz CT molecular complexity index is 362. The van der Waals surface area contributed by atoms with Crippen molar-refractivity contribution in [1.82, 2.24) is 15.1 Å². The van der Waals surface area contributed by atoms with Crippen molar-refractivity contribution in [3.63, 3.8) is 0 Å². The van der Waals surface area contributed by atoms with Crippen LogP contribution in [0.1, 0.15) is 26.5 Å². The number of aryl methyl sites for hydroxylation is 1. The number of carbonyl (C=O) groups is 1. The third kappa shape index (κ3) is 2.71. The van der Waals surface area contributed by atoms with Crippen LogP contribution in [0, 0.1) is 0 Å². The van der Waals surface area contributed by atoms with E-state index in [1.54, 1.807) is 11.7 Å². The van der Waals surface area contributed by atoms with Gasteiger partial charge in [0.05, 0.1) is 0 Å². The van der Waals surface area contributed by atoms with E-state index < -0.39 is 0 Å². The van der Waals surface area contributed by atoms with Gasteiger partial charge in [0.15, 0.2) is 5.82 Å². The predicted octanol–water partition coefficient (Wildman–Crippen LogP) is 1.47. The Balaban J connectivity index is 2.91. The molecule has 0 bridgehead atoms. The molecule has 0 aliphatic rings. The van der Waals surface area contributed by atoms with Gasteiger partial charge in [0, 0.05) is 31.3 Å². The van der Waals surface area contributed by atoms with Crippen molar-refractivity contribution in [2.24, 2.45) is 7.05 Å². The molecule has 1 heterocycles. The Labute approximate surface area is 89.9 Å². The van der Waals surface area contributed by atoms with Gasteiger partial charge in [-0.1, -0.05) is 20.8 Å². The molecule has 0 saturated heterocycles. The smallest absolute Gasteiger partial charge is 0.320 e. The molecule has 0 fully saturated rings. The SMILES string of the molecule is CNC(=O)Nc1cc(C(C)(C)C)n(C)n1. The molecule has 0 unspecified atom stereocenters. The van der Waals surface area contributed by atoms with Crippen LogP contribution in [-0.4, -0.2) is 22.9 Å². The molecule has 2 amide bonds. The second kappa shape index (κ2) is 3.92. The largest absolute Gasteiger partial charge is 0.341 e. The Morgan fingerprint density at radius 3 is 2.47 bits per heavy atom. The Morgan fingerprint density at radius 2 is 2.07 bits per heavy atom. The number of hydrogen-bond acceptors (Lipinski definition) is 2. The van der Waals surface area contributed by atoms with Gasteiger partial charge in [-0.2, -0.15) is 5.10 Å². The monoisotopic (exact) mass is 210 g/mol. The predicted molar refractivity (Wildman–Crippen MR) is 60.0 cm³/mol. The molecule has 84 valence electrons. The summed E-state index contributed by atoms with van der Waals surface area (Å²) >= 11 is 0. The molecule has 0 atom stereocenters. The van der Waals surface area contributed by atoms with Crippen molar-refractivity contribution in [2.75, 3.05) is 12.4 Å². The first kappa shape index (κ1) is 11.6. The lowest BCUT2D eigenvalue weighted by molar-refractivity contribution is 0.254. The van der Waals surface area contributed by atoms with Gasteiger partial charge in [-0.25, -0.2) is 4.79 Å². The maximum atomic E-state index is 11.1. The summed E-state index contributed by atoms with van der Waals surface area (Å²) in [5, 5.41) is 9.33. The topological polar surface area (TPSA) is 59.0 Å². The number of amides is 2. The summed E-state index contributed by atoms with van der Waals surface area (Å²) in [6.07, 6.45) is 0. The van der Waals surface area contributed by atoms with E-state index in [1.807, 2.05) is 13.1 Å². The zero-order chi connectivity index (χ0) is 11.6. The number of nitrogens with one attached hydrogen (secondary N) is 2. The molecule has 1 aromatic rings. The first-order valence-electron chi connectivity index (χ1n) is 4.88. The molecule has 1 rings (SSSR count). The van der Waals surface area contributed by atoms with Gasteiger partial charge in [-0.15, -0.1) is 0 Å². The molecule has 0 saturated carbocycles. The highest BCUT2D eigenvalue weighted by molar-refractivity contribution is 5.87. The second-order valence-electron chi connectivity index (χ2n) is 4.49. The summed E-state index contributed by atoms with van der Waals surface area (Å²) in [5.74, 6) is 0.571. The molecule has 5 nitrogen and oxygen atoms in total. The fourth-order valence-corrected chi connectivity index (χ4v) is 1.41. The zero-order valence-electron chi connectivity index (χ0n) is 9.88. The van der Waals surface area contributed by atoms with Crippen LogP contribution in [0.15, 0.2) is 6.07 Å². The summed E-state index contributed by atoms with van der Waals surface area (Å²) in [6.45, 7) is 6.31. The maximum absolute atomic E-state index is 11.1. The van der Waals surface area contributed by atoms with Crippen LogP contribution in [0.4, 0.5) is 10.6 Å². The summed E-state index contributed by atoms with van der Waals surface area (Å²) in [4.78, 5) is 11.1. The zero-order valence-corrected chi connectivity index (χ0v) is 9.88. The number of nitrogens with zero attached hydrogens (tertiary/aromatic N) is 2. The third-order valence-electron chi connectivity index (χ3n) is 2.12. The highest BCUT2D eigenvalue weighted by atomic mass is 16.2. The molecule has 0 aromatic carbocycles. The lowest BCUT2D eigenvalue weighted by Gasteiger charge is -2.17.